The molecule has 24 heavy (non-hydrogen) atoms. The molecule has 0 aliphatic carbocycles. The smallest absolute Gasteiger partial charge is 0.255 e. The van der Waals surface area contributed by atoms with Gasteiger partial charge in [-0.3, -0.25) is 9.48 Å². The maximum atomic E-state index is 12.5. The third kappa shape index (κ3) is 3.64. The first kappa shape index (κ1) is 16.6. The summed E-state index contributed by atoms with van der Waals surface area (Å²) in [6.45, 7) is 6.92. The van der Waals surface area contributed by atoms with Gasteiger partial charge in [0, 0.05) is 39.3 Å². The van der Waals surface area contributed by atoms with E-state index in [1.54, 1.807) is 24.1 Å². The van der Waals surface area contributed by atoms with Crippen molar-refractivity contribution in [2.24, 2.45) is 13.0 Å². The van der Waals surface area contributed by atoms with E-state index in [4.69, 9.17) is 0 Å². The lowest BCUT2D eigenvalue weighted by atomic mass is 10.0. The SMILES string of the molecule is CC(C)C[C@@H](NC(=O)c1cnn(C)c1)c1nnc2n1CCNCC2. The highest BCUT2D eigenvalue weighted by Gasteiger charge is 2.25. The molecule has 2 aromatic rings. The number of aryl methyl sites for hydroxylation is 1. The topological polar surface area (TPSA) is 89.7 Å². The summed E-state index contributed by atoms with van der Waals surface area (Å²) >= 11 is 0. The molecule has 1 atom stereocenters. The van der Waals surface area contributed by atoms with Crippen LogP contribution in [-0.2, 0) is 20.0 Å². The van der Waals surface area contributed by atoms with Crippen molar-refractivity contribution in [3.8, 4) is 0 Å². The van der Waals surface area contributed by atoms with Gasteiger partial charge in [-0.25, -0.2) is 0 Å². The average Bonchev–Trinajstić information content (AvgIpc) is 3.06. The summed E-state index contributed by atoms with van der Waals surface area (Å²) in [7, 11) is 1.80. The van der Waals surface area contributed by atoms with Crippen LogP contribution in [0.3, 0.4) is 0 Å². The summed E-state index contributed by atoms with van der Waals surface area (Å²) in [6.07, 6.45) is 4.97. The molecule has 3 rings (SSSR count). The van der Waals surface area contributed by atoms with Crippen LogP contribution in [0.2, 0.25) is 0 Å². The second-order valence-corrected chi connectivity index (χ2v) is 6.68. The van der Waals surface area contributed by atoms with Crippen LogP contribution in [0, 0.1) is 5.92 Å². The highest BCUT2D eigenvalue weighted by atomic mass is 16.1. The van der Waals surface area contributed by atoms with E-state index in [9.17, 15) is 4.79 Å². The van der Waals surface area contributed by atoms with E-state index >= 15 is 0 Å². The third-order valence-corrected chi connectivity index (χ3v) is 4.18. The molecular weight excluding hydrogens is 306 g/mol. The molecule has 8 nitrogen and oxygen atoms in total. The maximum absolute atomic E-state index is 12.5. The van der Waals surface area contributed by atoms with Crippen LogP contribution in [0.1, 0.15) is 48.3 Å². The van der Waals surface area contributed by atoms with Crippen LogP contribution >= 0.6 is 0 Å². The molecule has 2 N–H and O–H groups in total. The Balaban J connectivity index is 1.84. The monoisotopic (exact) mass is 331 g/mol. The van der Waals surface area contributed by atoms with Crippen molar-refractivity contribution in [1.29, 1.82) is 0 Å². The fraction of sp³-hybridized carbons (Fsp3) is 0.625. The number of nitrogens with zero attached hydrogens (tertiary/aromatic N) is 5. The van der Waals surface area contributed by atoms with Crippen LogP contribution in [0.15, 0.2) is 12.4 Å². The first-order valence-electron chi connectivity index (χ1n) is 8.46. The van der Waals surface area contributed by atoms with Crippen LogP contribution in [0.5, 0.6) is 0 Å². The van der Waals surface area contributed by atoms with Gasteiger partial charge in [0.25, 0.3) is 5.91 Å². The normalized spacial score (nSPS) is 15.8. The number of hydrogen-bond donors (Lipinski definition) is 2. The van der Waals surface area contributed by atoms with E-state index in [1.165, 1.54) is 0 Å². The molecule has 0 fully saturated rings. The Morgan fingerprint density at radius 1 is 1.38 bits per heavy atom. The van der Waals surface area contributed by atoms with E-state index in [0.717, 1.165) is 44.1 Å². The number of aromatic nitrogens is 5. The molecule has 3 heterocycles. The standard InChI is InChI=1S/C16H25N7O/c1-11(2)8-13(19-16(24)12-9-18-22(3)10-12)15-21-20-14-4-5-17-6-7-23(14)15/h9-11,13,17H,4-8H2,1-3H3,(H,19,24)/t13-/m1/s1. The lowest BCUT2D eigenvalue weighted by molar-refractivity contribution is 0.0929. The number of fused-ring (bicyclic) bond motifs is 1. The number of nitrogens with one attached hydrogen (secondary N) is 2. The molecule has 130 valence electrons. The van der Waals surface area contributed by atoms with Crippen molar-refractivity contribution in [2.75, 3.05) is 13.1 Å². The average molecular weight is 331 g/mol. The number of hydrogen-bond acceptors (Lipinski definition) is 5. The minimum Gasteiger partial charge on any atom is -0.342 e. The van der Waals surface area contributed by atoms with Crippen molar-refractivity contribution >= 4 is 5.91 Å². The van der Waals surface area contributed by atoms with Crippen LogP contribution < -0.4 is 10.6 Å². The maximum Gasteiger partial charge on any atom is 0.255 e. The van der Waals surface area contributed by atoms with Gasteiger partial charge in [0.05, 0.1) is 17.8 Å². The summed E-state index contributed by atoms with van der Waals surface area (Å²) < 4.78 is 3.78. The van der Waals surface area contributed by atoms with Gasteiger partial charge in [-0.1, -0.05) is 13.8 Å². The number of rotatable bonds is 5. The van der Waals surface area contributed by atoms with Gasteiger partial charge in [-0.05, 0) is 12.3 Å². The zero-order valence-corrected chi connectivity index (χ0v) is 14.5. The van der Waals surface area contributed by atoms with Gasteiger partial charge in [-0.15, -0.1) is 10.2 Å². The molecule has 8 heteroatoms. The van der Waals surface area contributed by atoms with E-state index in [0.29, 0.717) is 11.5 Å². The molecule has 0 bridgehead atoms. The zero-order chi connectivity index (χ0) is 17.1. The molecule has 0 spiro atoms. The Morgan fingerprint density at radius 2 is 2.21 bits per heavy atom. The molecule has 1 aliphatic heterocycles. The Labute approximate surface area is 141 Å². The first-order valence-corrected chi connectivity index (χ1v) is 8.46. The van der Waals surface area contributed by atoms with Gasteiger partial charge < -0.3 is 15.2 Å². The van der Waals surface area contributed by atoms with Gasteiger partial charge in [0.1, 0.15) is 5.82 Å². The minimum absolute atomic E-state index is 0.127. The minimum atomic E-state index is -0.156. The second-order valence-electron chi connectivity index (χ2n) is 6.68. The van der Waals surface area contributed by atoms with Crippen molar-refractivity contribution in [1.82, 2.24) is 35.2 Å². The second kappa shape index (κ2) is 7.12. The Kier molecular flexibility index (Phi) is 4.94. The fourth-order valence-corrected chi connectivity index (χ4v) is 3.03. The van der Waals surface area contributed by atoms with Crippen LogP contribution in [-0.4, -0.2) is 43.5 Å². The number of carbonyl (C=O) groups excluding carboxylic acids is 1. The van der Waals surface area contributed by atoms with E-state index in [-0.39, 0.29) is 11.9 Å². The molecule has 1 aliphatic rings. The molecule has 0 unspecified atom stereocenters. The van der Waals surface area contributed by atoms with Gasteiger partial charge in [0.2, 0.25) is 0 Å². The predicted molar refractivity (Wildman–Crippen MR) is 89.5 cm³/mol. The Hall–Kier alpha value is -2.22. The summed E-state index contributed by atoms with van der Waals surface area (Å²) in [5.41, 5.74) is 0.559. The molecule has 0 saturated carbocycles. The largest absolute Gasteiger partial charge is 0.342 e. The zero-order valence-electron chi connectivity index (χ0n) is 14.5. The molecule has 2 aromatic heterocycles. The summed E-state index contributed by atoms with van der Waals surface area (Å²) in [4.78, 5) is 12.5. The lowest BCUT2D eigenvalue weighted by Crippen LogP contribution is -2.32. The summed E-state index contributed by atoms with van der Waals surface area (Å²) in [5, 5.41) is 19.3. The molecule has 0 aromatic carbocycles. The van der Waals surface area contributed by atoms with Gasteiger partial charge in [-0.2, -0.15) is 5.10 Å². The molecule has 1 amide bonds. The van der Waals surface area contributed by atoms with Gasteiger partial charge >= 0.3 is 0 Å². The highest BCUT2D eigenvalue weighted by molar-refractivity contribution is 5.93. The Morgan fingerprint density at radius 3 is 2.92 bits per heavy atom. The lowest BCUT2D eigenvalue weighted by Gasteiger charge is -2.20. The fourth-order valence-electron chi connectivity index (χ4n) is 3.03. The van der Waals surface area contributed by atoms with Crippen molar-refractivity contribution < 1.29 is 4.79 Å². The third-order valence-electron chi connectivity index (χ3n) is 4.18. The number of amides is 1. The Bertz CT molecular complexity index is 703. The van der Waals surface area contributed by atoms with Crippen molar-refractivity contribution in [2.45, 2.75) is 39.3 Å². The van der Waals surface area contributed by atoms with Crippen LogP contribution in [0.25, 0.3) is 0 Å². The summed E-state index contributed by atoms with van der Waals surface area (Å²) in [6, 6.07) is -0.156. The van der Waals surface area contributed by atoms with Crippen molar-refractivity contribution in [3.05, 3.63) is 29.6 Å². The summed E-state index contributed by atoms with van der Waals surface area (Å²) in [5.74, 6) is 2.14. The predicted octanol–water partition coefficient (Wildman–Crippen LogP) is 0.675. The van der Waals surface area contributed by atoms with E-state index in [2.05, 4.69) is 44.3 Å². The molecule has 0 radical (unpaired) electrons. The van der Waals surface area contributed by atoms with E-state index in [1.807, 2.05) is 0 Å². The van der Waals surface area contributed by atoms with Crippen molar-refractivity contribution in [3.63, 3.8) is 0 Å². The molecular formula is C16H25N7O. The van der Waals surface area contributed by atoms with Crippen LogP contribution in [0.4, 0.5) is 0 Å². The first-order chi connectivity index (χ1) is 11.5. The van der Waals surface area contributed by atoms with Gasteiger partial charge in [0.15, 0.2) is 5.82 Å². The quantitative estimate of drug-likeness (QED) is 0.841. The highest BCUT2D eigenvalue weighted by Crippen LogP contribution is 2.22. The van der Waals surface area contributed by atoms with E-state index < -0.39 is 0 Å². The number of carbonyl (C=O) groups is 1. The molecule has 0 saturated heterocycles.